The SMILES string of the molecule is C[C@H](CNS(=O)(=O)N1CCOCC1)N1CCCC[C@@H]1C. The van der Waals surface area contributed by atoms with Crippen LogP contribution in [-0.4, -0.2) is 69.1 Å². The summed E-state index contributed by atoms with van der Waals surface area (Å²) in [7, 11) is -3.36. The van der Waals surface area contributed by atoms with Gasteiger partial charge in [-0.05, 0) is 33.2 Å². The summed E-state index contributed by atoms with van der Waals surface area (Å²) in [5.41, 5.74) is 0. The van der Waals surface area contributed by atoms with Gasteiger partial charge in [0.1, 0.15) is 0 Å². The molecular weight excluding hydrogens is 278 g/mol. The number of rotatable bonds is 5. The van der Waals surface area contributed by atoms with Crippen molar-refractivity contribution in [2.75, 3.05) is 39.4 Å². The minimum atomic E-state index is -3.36. The van der Waals surface area contributed by atoms with Crippen LogP contribution in [0.2, 0.25) is 0 Å². The lowest BCUT2D eigenvalue weighted by Gasteiger charge is -2.38. The van der Waals surface area contributed by atoms with E-state index in [0.717, 1.165) is 6.54 Å². The number of piperidine rings is 1. The summed E-state index contributed by atoms with van der Waals surface area (Å²) in [6.07, 6.45) is 3.70. The third-order valence-corrected chi connectivity index (χ3v) is 5.87. The standard InChI is InChI=1S/C13H27N3O3S/c1-12-5-3-4-6-16(12)13(2)11-14-20(17,18)15-7-9-19-10-8-15/h12-14H,3-11H2,1-2H3/t12-,13+/m0/s1. The minimum absolute atomic E-state index is 0.237. The fraction of sp³-hybridized carbons (Fsp3) is 1.00. The van der Waals surface area contributed by atoms with Gasteiger partial charge >= 0.3 is 0 Å². The summed E-state index contributed by atoms with van der Waals surface area (Å²) in [4.78, 5) is 2.41. The topological polar surface area (TPSA) is 61.9 Å². The van der Waals surface area contributed by atoms with Crippen LogP contribution in [0, 0.1) is 0 Å². The van der Waals surface area contributed by atoms with Crippen molar-refractivity contribution >= 4 is 10.2 Å². The van der Waals surface area contributed by atoms with Crippen molar-refractivity contribution in [3.8, 4) is 0 Å². The smallest absolute Gasteiger partial charge is 0.279 e. The maximum atomic E-state index is 12.2. The van der Waals surface area contributed by atoms with Gasteiger partial charge in [0.25, 0.3) is 10.2 Å². The minimum Gasteiger partial charge on any atom is -0.379 e. The molecule has 0 aromatic carbocycles. The van der Waals surface area contributed by atoms with E-state index in [1.54, 1.807) is 0 Å². The molecule has 7 heteroatoms. The average Bonchev–Trinajstić information content (AvgIpc) is 2.46. The zero-order valence-electron chi connectivity index (χ0n) is 12.5. The van der Waals surface area contributed by atoms with Gasteiger partial charge in [0.05, 0.1) is 13.2 Å². The van der Waals surface area contributed by atoms with Crippen molar-refractivity contribution in [2.45, 2.75) is 45.2 Å². The van der Waals surface area contributed by atoms with E-state index in [1.165, 1.54) is 23.6 Å². The third-order valence-electron chi connectivity index (χ3n) is 4.29. The first-order valence-electron chi connectivity index (χ1n) is 7.59. The van der Waals surface area contributed by atoms with Crippen molar-refractivity contribution in [3.05, 3.63) is 0 Å². The first-order chi connectivity index (χ1) is 9.50. The van der Waals surface area contributed by atoms with E-state index in [9.17, 15) is 8.42 Å². The fourth-order valence-corrected chi connectivity index (χ4v) is 4.26. The van der Waals surface area contributed by atoms with Crippen LogP contribution in [0.4, 0.5) is 0 Å². The van der Waals surface area contributed by atoms with Crippen LogP contribution in [0.3, 0.4) is 0 Å². The maximum Gasteiger partial charge on any atom is 0.279 e. The molecule has 0 saturated carbocycles. The fourth-order valence-electron chi connectivity index (χ4n) is 3.00. The normalized spacial score (nSPS) is 28.4. The highest BCUT2D eigenvalue weighted by Gasteiger charge is 2.27. The Hall–Kier alpha value is -0.210. The molecule has 0 aliphatic carbocycles. The molecule has 0 amide bonds. The van der Waals surface area contributed by atoms with Crippen LogP contribution >= 0.6 is 0 Å². The first kappa shape index (κ1) is 16.2. The number of hydrogen-bond donors (Lipinski definition) is 1. The Morgan fingerprint density at radius 2 is 1.95 bits per heavy atom. The quantitative estimate of drug-likeness (QED) is 0.799. The van der Waals surface area contributed by atoms with Crippen molar-refractivity contribution in [3.63, 3.8) is 0 Å². The molecule has 6 nitrogen and oxygen atoms in total. The van der Waals surface area contributed by atoms with Crippen molar-refractivity contribution in [1.82, 2.24) is 13.9 Å². The maximum absolute atomic E-state index is 12.2. The van der Waals surface area contributed by atoms with Crippen LogP contribution in [0.1, 0.15) is 33.1 Å². The zero-order chi connectivity index (χ0) is 14.6. The number of ether oxygens (including phenoxy) is 1. The van der Waals surface area contributed by atoms with Crippen LogP contribution in [0.5, 0.6) is 0 Å². The van der Waals surface area contributed by atoms with E-state index >= 15 is 0 Å². The van der Waals surface area contributed by atoms with Crippen LogP contribution < -0.4 is 4.72 Å². The molecule has 118 valence electrons. The number of hydrogen-bond acceptors (Lipinski definition) is 4. The largest absolute Gasteiger partial charge is 0.379 e. The van der Waals surface area contributed by atoms with Gasteiger partial charge in [-0.1, -0.05) is 6.42 Å². The molecule has 2 atom stereocenters. The van der Waals surface area contributed by atoms with Gasteiger partial charge in [-0.25, -0.2) is 4.72 Å². The molecule has 0 aromatic heterocycles. The molecule has 2 saturated heterocycles. The summed E-state index contributed by atoms with van der Waals surface area (Å²) in [6, 6.07) is 0.785. The van der Waals surface area contributed by atoms with Gasteiger partial charge in [-0.15, -0.1) is 0 Å². The molecule has 0 aromatic rings. The predicted octanol–water partition coefficient (Wildman–Crippen LogP) is 0.416. The Bertz CT molecular complexity index is 396. The van der Waals surface area contributed by atoms with E-state index in [-0.39, 0.29) is 6.04 Å². The first-order valence-corrected chi connectivity index (χ1v) is 9.03. The number of nitrogens with one attached hydrogen (secondary N) is 1. The number of likely N-dealkylation sites (tertiary alicyclic amines) is 1. The van der Waals surface area contributed by atoms with E-state index < -0.39 is 10.2 Å². The highest BCUT2D eigenvalue weighted by molar-refractivity contribution is 7.87. The Balaban J connectivity index is 1.83. The van der Waals surface area contributed by atoms with E-state index in [0.29, 0.717) is 38.9 Å². The van der Waals surface area contributed by atoms with Gasteiger partial charge in [-0.3, -0.25) is 4.90 Å². The van der Waals surface area contributed by atoms with E-state index in [4.69, 9.17) is 4.74 Å². The second-order valence-corrected chi connectivity index (χ2v) is 7.55. The molecule has 2 heterocycles. The highest BCUT2D eigenvalue weighted by atomic mass is 32.2. The lowest BCUT2D eigenvalue weighted by molar-refractivity contribution is 0.0720. The lowest BCUT2D eigenvalue weighted by Crippen LogP contribution is -2.52. The average molecular weight is 305 g/mol. The predicted molar refractivity (Wildman–Crippen MR) is 78.8 cm³/mol. The Labute approximate surface area is 122 Å². The molecule has 1 N–H and O–H groups in total. The van der Waals surface area contributed by atoms with Gasteiger partial charge in [0, 0.05) is 31.7 Å². The van der Waals surface area contributed by atoms with Crippen molar-refractivity contribution in [2.24, 2.45) is 0 Å². The Morgan fingerprint density at radius 1 is 1.25 bits per heavy atom. The Kier molecular flexibility index (Phi) is 5.80. The Morgan fingerprint density at radius 3 is 2.60 bits per heavy atom. The lowest BCUT2D eigenvalue weighted by atomic mass is 10.0. The van der Waals surface area contributed by atoms with Crippen molar-refractivity contribution < 1.29 is 13.2 Å². The summed E-state index contributed by atoms with van der Waals surface area (Å²) in [6.45, 7) is 7.74. The molecule has 0 unspecified atom stereocenters. The van der Waals surface area contributed by atoms with Gasteiger partial charge in [0.2, 0.25) is 0 Å². The molecule has 2 aliphatic heterocycles. The molecule has 20 heavy (non-hydrogen) atoms. The highest BCUT2D eigenvalue weighted by Crippen LogP contribution is 2.18. The summed E-state index contributed by atoms with van der Waals surface area (Å²) < 4.78 is 33.8. The molecular formula is C13H27N3O3S. The van der Waals surface area contributed by atoms with E-state index in [2.05, 4.69) is 23.5 Å². The van der Waals surface area contributed by atoms with Gasteiger partial charge in [-0.2, -0.15) is 12.7 Å². The number of morpholine rings is 1. The molecule has 2 aliphatic rings. The summed E-state index contributed by atoms with van der Waals surface area (Å²) in [5, 5.41) is 0. The third kappa shape index (κ3) is 4.14. The van der Waals surface area contributed by atoms with Crippen LogP contribution in [0.25, 0.3) is 0 Å². The molecule has 2 fully saturated rings. The van der Waals surface area contributed by atoms with Crippen LogP contribution in [-0.2, 0) is 14.9 Å². The van der Waals surface area contributed by atoms with Crippen molar-refractivity contribution in [1.29, 1.82) is 0 Å². The molecule has 2 rings (SSSR count). The second kappa shape index (κ2) is 7.17. The summed E-state index contributed by atoms with van der Waals surface area (Å²) >= 11 is 0. The number of nitrogens with zero attached hydrogens (tertiary/aromatic N) is 2. The van der Waals surface area contributed by atoms with Crippen LogP contribution in [0.15, 0.2) is 0 Å². The molecule has 0 radical (unpaired) electrons. The second-order valence-electron chi connectivity index (χ2n) is 5.80. The monoisotopic (exact) mass is 305 g/mol. The van der Waals surface area contributed by atoms with Gasteiger partial charge in [0.15, 0.2) is 0 Å². The zero-order valence-corrected chi connectivity index (χ0v) is 13.4. The van der Waals surface area contributed by atoms with Gasteiger partial charge < -0.3 is 4.74 Å². The summed E-state index contributed by atoms with van der Waals surface area (Å²) in [5.74, 6) is 0. The molecule has 0 bridgehead atoms. The molecule has 0 spiro atoms. The van der Waals surface area contributed by atoms with E-state index in [1.807, 2.05) is 0 Å².